The Labute approximate surface area is 682 Å². The fraction of sp³-hybridized carbons (Fsp3) is 0.228. The fourth-order valence-electron chi connectivity index (χ4n) is 18.4. The Morgan fingerprint density at radius 2 is 0.228 bits per heavy atom. The maximum absolute atomic E-state index is 2.51. The molecule has 0 nitrogen and oxygen atoms in total. The molecular formula is C114H112. The highest BCUT2D eigenvalue weighted by Crippen LogP contribution is 2.75. The maximum atomic E-state index is 2.51. The lowest BCUT2D eigenvalue weighted by atomic mass is 9.32. The zero-order valence-corrected chi connectivity index (χ0v) is 69.2. The van der Waals surface area contributed by atoms with Gasteiger partial charge in [-0.2, -0.15) is 0 Å². The lowest BCUT2D eigenvalue weighted by Crippen LogP contribution is -2.67. The largest absolute Gasteiger partial charge is 0.0579 e. The second-order valence-electron chi connectivity index (χ2n) is 37.5. The molecule has 0 unspecified atom stereocenters. The predicted molar refractivity (Wildman–Crippen MR) is 498 cm³/mol. The molecule has 16 rings (SSSR count). The quantitative estimate of drug-likeness (QED) is 0.0667. The summed E-state index contributed by atoms with van der Waals surface area (Å²) in [5.74, 6) is 0. The summed E-state index contributed by atoms with van der Waals surface area (Å²) < 4.78 is 0. The standard InChI is InChI=1S/C114H112/c1-107(2,3)99-61-45-91(46-62-99)37-29-83-13-21-87(22-14-83)33-41-95-53-69-103(70-54-95)111-77-112(104-71-55-96(56-72-104)42-34-88-23-15-84(16-24-88)30-38-92-47-63-100(64-48-92)108(4,5)6)80-113(78-111,105-73-57-97(58-74-105)43-35-89-25-17-85(18-26-89)31-39-93-49-65-101(66-50-93)109(7,8)9)82-114(79-111,81-112)106-75-59-98(60-76-106)44-36-90-27-19-86(20-28-90)32-40-94-51-67-102(68-52-94)110(10,11)12/h13-76H,77-82H2,1-12H3/b37-29+,38-30+,39-31+,40-32+,41-33+,42-34+,43-35+,44-36+. The Balaban J connectivity index is 0.738. The first-order valence-corrected chi connectivity index (χ1v) is 41.4. The third kappa shape index (κ3) is 18.4. The molecule has 0 saturated heterocycles. The van der Waals surface area contributed by atoms with Crippen molar-refractivity contribution in [3.8, 4) is 0 Å². The van der Waals surface area contributed by atoms with Gasteiger partial charge in [-0.3, -0.25) is 0 Å². The first-order valence-electron chi connectivity index (χ1n) is 41.4. The Bertz CT molecular complexity index is 4790. The molecule has 0 aromatic heterocycles. The molecule has 114 heavy (non-hydrogen) atoms. The van der Waals surface area contributed by atoms with Crippen molar-refractivity contribution in [2.75, 3.05) is 0 Å². The van der Waals surface area contributed by atoms with Gasteiger partial charge in [-0.25, -0.2) is 0 Å². The molecule has 0 N–H and O–H groups in total. The van der Waals surface area contributed by atoms with E-state index in [9.17, 15) is 0 Å². The molecule has 0 amide bonds. The van der Waals surface area contributed by atoms with Gasteiger partial charge in [0.25, 0.3) is 0 Å². The second kappa shape index (κ2) is 32.2. The lowest BCUT2D eigenvalue weighted by molar-refractivity contribution is -0.0691. The fourth-order valence-corrected chi connectivity index (χ4v) is 18.4. The van der Waals surface area contributed by atoms with Gasteiger partial charge in [0.1, 0.15) is 0 Å². The van der Waals surface area contributed by atoms with Crippen LogP contribution in [0.25, 0.3) is 97.2 Å². The third-order valence-corrected chi connectivity index (χ3v) is 24.8. The topological polar surface area (TPSA) is 0 Å². The number of hydrogen-bond donors (Lipinski definition) is 0. The summed E-state index contributed by atoms with van der Waals surface area (Å²) in [6.07, 6.45) is 42.5. The molecule has 568 valence electrons. The Morgan fingerprint density at radius 1 is 0.140 bits per heavy atom. The predicted octanol–water partition coefficient (Wildman–Crippen LogP) is 30.7. The highest BCUT2D eigenvalue weighted by Gasteiger charge is 2.69. The van der Waals surface area contributed by atoms with Gasteiger partial charge in [0.2, 0.25) is 0 Å². The monoisotopic (exact) mass is 1480 g/mol. The molecule has 12 aromatic carbocycles. The average molecular weight is 1480 g/mol. The molecule has 4 bridgehead atoms. The number of benzene rings is 12. The Kier molecular flexibility index (Phi) is 22.0. The van der Waals surface area contributed by atoms with E-state index in [-0.39, 0.29) is 43.3 Å². The minimum absolute atomic E-state index is 0.112. The van der Waals surface area contributed by atoms with Crippen molar-refractivity contribution in [3.63, 3.8) is 0 Å². The van der Waals surface area contributed by atoms with Gasteiger partial charge in [-0.1, -0.05) is 471 Å². The molecular weight excluding hydrogens is 1370 g/mol. The van der Waals surface area contributed by atoms with Crippen molar-refractivity contribution in [2.24, 2.45) is 0 Å². The molecule has 12 aromatic rings. The van der Waals surface area contributed by atoms with Crippen LogP contribution in [0.2, 0.25) is 0 Å². The van der Waals surface area contributed by atoms with E-state index in [0.717, 1.165) is 38.5 Å². The smallest absolute Gasteiger partial charge is 0.00215 e. The van der Waals surface area contributed by atoms with E-state index in [4.69, 9.17) is 0 Å². The first kappa shape index (κ1) is 77.9. The number of hydrogen-bond acceptors (Lipinski definition) is 0. The third-order valence-electron chi connectivity index (χ3n) is 24.8. The van der Waals surface area contributed by atoms with Crippen molar-refractivity contribution in [2.45, 2.75) is 165 Å². The van der Waals surface area contributed by atoms with Gasteiger partial charge in [-0.05, 0) is 215 Å². The molecule has 4 saturated carbocycles. The van der Waals surface area contributed by atoms with Crippen LogP contribution in [0.3, 0.4) is 0 Å². The second-order valence-corrected chi connectivity index (χ2v) is 37.5. The van der Waals surface area contributed by atoms with Gasteiger partial charge >= 0.3 is 0 Å². The first-order chi connectivity index (χ1) is 54.7. The van der Waals surface area contributed by atoms with Crippen molar-refractivity contribution >= 4 is 97.2 Å². The van der Waals surface area contributed by atoms with E-state index in [1.165, 1.54) is 134 Å². The molecule has 4 aliphatic rings. The van der Waals surface area contributed by atoms with Crippen LogP contribution in [0.1, 0.15) is 255 Å². The molecule has 0 heteroatoms. The van der Waals surface area contributed by atoms with Crippen molar-refractivity contribution < 1.29 is 0 Å². The summed E-state index contributed by atoms with van der Waals surface area (Å²) in [5, 5.41) is 0. The summed E-state index contributed by atoms with van der Waals surface area (Å²) in [7, 11) is 0. The average Bonchev–Trinajstić information content (AvgIpc) is 0.665. The zero-order valence-electron chi connectivity index (χ0n) is 69.2. The lowest BCUT2D eigenvalue weighted by Gasteiger charge is -2.71. The molecule has 0 aliphatic heterocycles. The van der Waals surface area contributed by atoms with Gasteiger partial charge in [0.15, 0.2) is 0 Å². The number of rotatable bonds is 20. The van der Waals surface area contributed by atoms with Gasteiger partial charge in [-0.15, -0.1) is 0 Å². The van der Waals surface area contributed by atoms with E-state index in [1.54, 1.807) is 0 Å². The summed E-state index contributed by atoms with van der Waals surface area (Å²) >= 11 is 0. The minimum Gasteiger partial charge on any atom is -0.0579 e. The van der Waals surface area contributed by atoms with Crippen LogP contribution in [-0.2, 0) is 43.3 Å². The van der Waals surface area contributed by atoms with Crippen LogP contribution in [0.4, 0.5) is 0 Å². The summed E-state index contributed by atoms with van der Waals surface area (Å²) in [6, 6.07) is 111. The normalized spacial score (nSPS) is 19.4. The molecule has 0 heterocycles. The van der Waals surface area contributed by atoms with Crippen molar-refractivity contribution in [1.29, 1.82) is 0 Å². The minimum atomic E-state index is -0.112. The zero-order chi connectivity index (χ0) is 79.4. The summed E-state index contributed by atoms with van der Waals surface area (Å²) in [6.45, 7) is 27.2. The molecule has 0 radical (unpaired) electrons. The van der Waals surface area contributed by atoms with Crippen LogP contribution in [0.5, 0.6) is 0 Å². The van der Waals surface area contributed by atoms with E-state index in [2.05, 4.69) is 471 Å². The molecule has 4 fully saturated rings. The van der Waals surface area contributed by atoms with Gasteiger partial charge in [0.05, 0.1) is 0 Å². The van der Waals surface area contributed by atoms with Crippen LogP contribution in [-0.4, -0.2) is 0 Å². The van der Waals surface area contributed by atoms with Crippen molar-refractivity contribution in [1.82, 2.24) is 0 Å². The Hall–Kier alpha value is -11.4. The van der Waals surface area contributed by atoms with Crippen LogP contribution in [0, 0.1) is 0 Å². The van der Waals surface area contributed by atoms with E-state index >= 15 is 0 Å². The van der Waals surface area contributed by atoms with Crippen molar-refractivity contribution in [3.05, 3.63) is 425 Å². The van der Waals surface area contributed by atoms with Crippen LogP contribution >= 0.6 is 0 Å². The molecule has 4 aliphatic carbocycles. The van der Waals surface area contributed by atoms with Crippen LogP contribution < -0.4 is 0 Å². The summed E-state index contributed by atoms with van der Waals surface area (Å²) in [5.41, 5.74) is 30.5. The SMILES string of the molecule is CC(C)(C)c1ccc(/C=C/c2ccc(/C=C/c3ccc(C45CC6(c7ccc(/C=C/c8ccc(/C=C/c9ccc(C(C)(C)C)cc9)cc8)cc7)CC(c7ccc(/C=C/c8ccc(/C=C/c9ccc(C(C)(C)C)cc9)cc8)cc7)(C4)CC(c4ccc(/C=C/c7ccc(/C=C/c8ccc(C(C)(C)C)cc8)cc7)cc4)(C5)C6)cc3)cc2)cc1. The van der Waals surface area contributed by atoms with E-state index < -0.39 is 0 Å². The van der Waals surface area contributed by atoms with E-state index in [1.807, 2.05) is 0 Å². The maximum Gasteiger partial charge on any atom is -0.00215 e. The Morgan fingerprint density at radius 3 is 0.325 bits per heavy atom. The highest BCUT2D eigenvalue weighted by atomic mass is 14.7. The molecule has 0 spiro atoms. The van der Waals surface area contributed by atoms with Gasteiger partial charge in [0, 0.05) is 0 Å². The van der Waals surface area contributed by atoms with Gasteiger partial charge < -0.3 is 0 Å². The van der Waals surface area contributed by atoms with Crippen LogP contribution in [0.15, 0.2) is 291 Å². The summed E-state index contributed by atoms with van der Waals surface area (Å²) in [4.78, 5) is 0. The highest BCUT2D eigenvalue weighted by molar-refractivity contribution is 5.78. The van der Waals surface area contributed by atoms with E-state index in [0.29, 0.717) is 0 Å². The molecule has 0 atom stereocenters.